The number of benzene rings is 2. The lowest BCUT2D eigenvalue weighted by molar-refractivity contribution is -0.143. The SMILES string of the molecule is C.CC.CC.CCC12COC(c3ccccc3)OCC1C2.OCC12COC(c3ccccc3)OCC1C2. The molecular weight excluding hydrogens is 464 g/mol. The van der Waals surface area contributed by atoms with Gasteiger partial charge in [0, 0.05) is 16.5 Å². The van der Waals surface area contributed by atoms with Gasteiger partial charge >= 0.3 is 0 Å². The van der Waals surface area contributed by atoms with Crippen molar-refractivity contribution in [2.45, 2.75) is 73.9 Å². The maximum atomic E-state index is 9.34. The van der Waals surface area contributed by atoms with Crippen LogP contribution in [0.5, 0.6) is 0 Å². The highest BCUT2D eigenvalue weighted by Crippen LogP contribution is 2.57. The van der Waals surface area contributed by atoms with Crippen LogP contribution in [0.25, 0.3) is 0 Å². The zero-order valence-electron chi connectivity index (χ0n) is 22.8. The van der Waals surface area contributed by atoms with Gasteiger partial charge in [-0.1, -0.05) is 103 Å². The summed E-state index contributed by atoms with van der Waals surface area (Å²) < 4.78 is 23.3. The Kier molecular flexibility index (Phi) is 12.7. The van der Waals surface area contributed by atoms with Crippen LogP contribution in [0.4, 0.5) is 0 Å². The maximum absolute atomic E-state index is 9.34. The minimum atomic E-state index is -0.266. The van der Waals surface area contributed by atoms with Crippen molar-refractivity contribution in [3.8, 4) is 0 Å². The van der Waals surface area contributed by atoms with Crippen molar-refractivity contribution in [1.82, 2.24) is 0 Å². The molecule has 0 bridgehead atoms. The molecule has 2 aromatic rings. The van der Waals surface area contributed by atoms with E-state index < -0.39 is 0 Å². The number of aliphatic hydroxyl groups excluding tert-OH is 1. The lowest BCUT2D eigenvalue weighted by atomic mass is 10.0. The summed E-state index contributed by atoms with van der Waals surface area (Å²) in [7, 11) is 0. The van der Waals surface area contributed by atoms with E-state index in [1.807, 2.05) is 76.2 Å². The van der Waals surface area contributed by atoms with Gasteiger partial charge < -0.3 is 24.1 Å². The third-order valence-corrected chi connectivity index (χ3v) is 7.82. The van der Waals surface area contributed by atoms with Gasteiger partial charge in [0.2, 0.25) is 0 Å². The largest absolute Gasteiger partial charge is 0.396 e. The van der Waals surface area contributed by atoms with Crippen LogP contribution >= 0.6 is 0 Å². The molecule has 4 fully saturated rings. The first-order valence-electron chi connectivity index (χ1n) is 13.9. The van der Waals surface area contributed by atoms with Crippen molar-refractivity contribution in [3.63, 3.8) is 0 Å². The number of hydrogen-bond acceptors (Lipinski definition) is 5. The molecule has 6 atom stereocenters. The average Bonchev–Trinajstić information content (AvgIpc) is 3.85. The molecule has 0 radical (unpaired) electrons. The summed E-state index contributed by atoms with van der Waals surface area (Å²) >= 11 is 0. The van der Waals surface area contributed by atoms with Crippen molar-refractivity contribution in [2.75, 3.05) is 33.0 Å². The Balaban J connectivity index is 0.000000224. The van der Waals surface area contributed by atoms with Crippen molar-refractivity contribution in [1.29, 1.82) is 0 Å². The van der Waals surface area contributed by atoms with Crippen molar-refractivity contribution in [2.24, 2.45) is 22.7 Å². The second-order valence-electron chi connectivity index (χ2n) is 9.81. The van der Waals surface area contributed by atoms with E-state index in [4.69, 9.17) is 18.9 Å². The maximum Gasteiger partial charge on any atom is 0.183 e. The fourth-order valence-corrected chi connectivity index (χ4v) is 5.05. The van der Waals surface area contributed by atoms with E-state index in [0.717, 1.165) is 36.7 Å². The lowest BCUT2D eigenvalue weighted by Gasteiger charge is -2.18. The minimum absolute atomic E-state index is 0. The van der Waals surface area contributed by atoms with Gasteiger partial charge in [-0.05, 0) is 36.5 Å². The van der Waals surface area contributed by atoms with Crippen LogP contribution in [-0.2, 0) is 18.9 Å². The predicted octanol–water partition coefficient (Wildman–Crippen LogP) is 7.57. The molecule has 2 heterocycles. The quantitative estimate of drug-likeness (QED) is 0.456. The first-order chi connectivity index (χ1) is 17.7. The Morgan fingerprint density at radius 1 is 0.676 bits per heavy atom. The highest BCUT2D eigenvalue weighted by atomic mass is 16.7. The van der Waals surface area contributed by atoms with Gasteiger partial charge in [0.15, 0.2) is 12.6 Å². The molecule has 2 aliphatic heterocycles. The van der Waals surface area contributed by atoms with Gasteiger partial charge in [0.1, 0.15) is 0 Å². The number of hydrogen-bond donors (Lipinski definition) is 1. The Bertz CT molecular complexity index is 802. The van der Waals surface area contributed by atoms with E-state index in [1.54, 1.807) is 0 Å². The molecule has 2 saturated heterocycles. The molecule has 0 spiro atoms. The van der Waals surface area contributed by atoms with Crippen molar-refractivity contribution in [3.05, 3.63) is 71.8 Å². The molecule has 1 N–H and O–H groups in total. The Morgan fingerprint density at radius 3 is 1.51 bits per heavy atom. The van der Waals surface area contributed by atoms with E-state index in [-0.39, 0.29) is 32.0 Å². The monoisotopic (exact) mass is 514 g/mol. The van der Waals surface area contributed by atoms with Crippen LogP contribution in [0.2, 0.25) is 0 Å². The third-order valence-electron chi connectivity index (χ3n) is 7.82. The van der Waals surface area contributed by atoms with Crippen LogP contribution in [0.3, 0.4) is 0 Å². The first-order valence-corrected chi connectivity index (χ1v) is 13.9. The van der Waals surface area contributed by atoms with Crippen LogP contribution < -0.4 is 0 Å². The van der Waals surface area contributed by atoms with Crippen molar-refractivity contribution >= 4 is 0 Å². The second-order valence-corrected chi connectivity index (χ2v) is 9.81. The van der Waals surface area contributed by atoms with Gasteiger partial charge in [0.05, 0.1) is 33.0 Å². The molecule has 2 aliphatic carbocycles. The highest BCUT2D eigenvalue weighted by Gasteiger charge is 2.56. The van der Waals surface area contributed by atoms with Gasteiger partial charge in [0.25, 0.3) is 0 Å². The molecule has 37 heavy (non-hydrogen) atoms. The Morgan fingerprint density at radius 2 is 1.08 bits per heavy atom. The van der Waals surface area contributed by atoms with E-state index in [0.29, 0.717) is 24.5 Å². The lowest BCUT2D eigenvalue weighted by Crippen LogP contribution is -2.17. The molecule has 5 nitrogen and oxygen atoms in total. The minimum Gasteiger partial charge on any atom is -0.396 e. The summed E-state index contributed by atoms with van der Waals surface area (Å²) in [5.41, 5.74) is 2.61. The van der Waals surface area contributed by atoms with Crippen molar-refractivity contribution < 1.29 is 24.1 Å². The van der Waals surface area contributed by atoms with Gasteiger partial charge in [-0.25, -0.2) is 0 Å². The molecule has 2 aromatic carbocycles. The number of ether oxygens (including phenoxy) is 4. The van der Waals surface area contributed by atoms with Crippen LogP contribution in [0.15, 0.2) is 60.7 Å². The molecule has 2 saturated carbocycles. The Labute approximate surface area is 225 Å². The summed E-state index contributed by atoms with van der Waals surface area (Å²) in [6.45, 7) is 13.5. The highest BCUT2D eigenvalue weighted by molar-refractivity contribution is 5.17. The topological polar surface area (TPSA) is 57.2 Å². The molecule has 5 heteroatoms. The van der Waals surface area contributed by atoms with E-state index in [9.17, 15) is 5.11 Å². The van der Waals surface area contributed by atoms with E-state index >= 15 is 0 Å². The van der Waals surface area contributed by atoms with Gasteiger partial charge in [-0.15, -0.1) is 0 Å². The number of fused-ring (bicyclic) bond motifs is 2. The molecule has 0 amide bonds. The fraction of sp³-hybridized carbons (Fsp3) is 0.625. The molecular formula is C32H50O5. The summed E-state index contributed by atoms with van der Waals surface area (Å²) in [5, 5.41) is 9.34. The molecule has 4 aliphatic rings. The summed E-state index contributed by atoms with van der Waals surface area (Å²) in [5.74, 6) is 1.21. The summed E-state index contributed by atoms with van der Waals surface area (Å²) in [4.78, 5) is 0. The Hall–Kier alpha value is -1.76. The predicted molar refractivity (Wildman–Crippen MR) is 150 cm³/mol. The normalized spacial score (nSPS) is 32.8. The zero-order chi connectivity index (χ0) is 26.0. The smallest absolute Gasteiger partial charge is 0.183 e. The number of aliphatic hydroxyl groups is 1. The molecule has 6 rings (SSSR count). The fourth-order valence-electron chi connectivity index (χ4n) is 5.05. The molecule has 0 aromatic heterocycles. The first kappa shape index (κ1) is 31.5. The van der Waals surface area contributed by atoms with Crippen LogP contribution in [0, 0.1) is 22.7 Å². The standard InChI is InChI=1S/C14H18O2.C13H16O3.2C2H6.CH4/c1-2-14-8-12(14)9-15-13(16-10-14)11-6-4-3-5-7-11;14-8-13-6-11(13)7-15-12(16-9-13)10-4-2-1-3-5-10;2*1-2;/h3-7,12-13H,2,8-10H2,1H3;1-5,11-12,14H,6-9H2;2*1-2H3;1H4. The summed E-state index contributed by atoms with van der Waals surface area (Å²) in [6.07, 6.45) is 3.10. The van der Waals surface area contributed by atoms with Crippen LogP contribution in [0.1, 0.15) is 85.0 Å². The van der Waals surface area contributed by atoms with E-state index in [1.165, 1.54) is 12.8 Å². The van der Waals surface area contributed by atoms with Crippen LogP contribution in [-0.4, -0.2) is 38.1 Å². The molecule has 208 valence electrons. The zero-order valence-corrected chi connectivity index (χ0v) is 22.8. The van der Waals surface area contributed by atoms with E-state index in [2.05, 4.69) is 19.1 Å². The second kappa shape index (κ2) is 15.0. The van der Waals surface area contributed by atoms with Gasteiger partial charge in [-0.2, -0.15) is 0 Å². The van der Waals surface area contributed by atoms with Gasteiger partial charge in [-0.3, -0.25) is 0 Å². The third kappa shape index (κ3) is 7.64. The number of rotatable bonds is 4. The molecule has 6 unspecified atom stereocenters. The average molecular weight is 515 g/mol. The summed E-state index contributed by atoms with van der Waals surface area (Å²) in [6, 6.07) is 20.2.